The van der Waals surface area contributed by atoms with Crippen LogP contribution in [0.15, 0.2) is 42.5 Å². The van der Waals surface area contributed by atoms with E-state index in [2.05, 4.69) is 10.6 Å². The van der Waals surface area contributed by atoms with Crippen molar-refractivity contribution in [2.24, 2.45) is 0 Å². The molecule has 0 atom stereocenters. The molecule has 0 bridgehead atoms. The Bertz CT molecular complexity index is 656. The third-order valence-corrected chi connectivity index (χ3v) is 3.21. The van der Waals surface area contributed by atoms with Crippen LogP contribution in [-0.2, 0) is 0 Å². The van der Waals surface area contributed by atoms with Gasteiger partial charge in [0.15, 0.2) is 0 Å². The maximum Gasteiger partial charge on any atom is 0.251 e. The molecule has 5 heteroatoms. The average Bonchev–Trinajstić information content (AvgIpc) is 2.42. The van der Waals surface area contributed by atoms with Crippen LogP contribution in [0.3, 0.4) is 0 Å². The molecule has 0 aliphatic rings. The SMILES string of the molecule is CC(C)NC(=O)c1ccc(Nc2ccccc2Cl)c(N)c1. The van der Waals surface area contributed by atoms with Crippen LogP contribution in [0, 0.1) is 0 Å². The highest BCUT2D eigenvalue weighted by Crippen LogP contribution is 2.28. The van der Waals surface area contributed by atoms with Gasteiger partial charge < -0.3 is 16.4 Å². The van der Waals surface area contributed by atoms with Crippen molar-refractivity contribution in [3.63, 3.8) is 0 Å². The van der Waals surface area contributed by atoms with E-state index >= 15 is 0 Å². The molecule has 2 aromatic rings. The lowest BCUT2D eigenvalue weighted by Gasteiger charge is -2.13. The molecule has 21 heavy (non-hydrogen) atoms. The fraction of sp³-hybridized carbons (Fsp3) is 0.188. The summed E-state index contributed by atoms with van der Waals surface area (Å²) >= 11 is 6.10. The van der Waals surface area contributed by atoms with Gasteiger partial charge >= 0.3 is 0 Å². The molecule has 0 aromatic heterocycles. The van der Waals surface area contributed by atoms with E-state index in [1.807, 2.05) is 32.0 Å². The minimum Gasteiger partial charge on any atom is -0.397 e. The topological polar surface area (TPSA) is 67.2 Å². The molecule has 0 aliphatic heterocycles. The van der Waals surface area contributed by atoms with Gasteiger partial charge in [-0.15, -0.1) is 0 Å². The van der Waals surface area contributed by atoms with Gasteiger partial charge in [-0.25, -0.2) is 0 Å². The highest BCUT2D eigenvalue weighted by Gasteiger charge is 2.10. The van der Waals surface area contributed by atoms with Gasteiger partial charge in [0.25, 0.3) is 5.91 Å². The van der Waals surface area contributed by atoms with E-state index in [1.165, 1.54) is 0 Å². The lowest BCUT2D eigenvalue weighted by Crippen LogP contribution is -2.30. The van der Waals surface area contributed by atoms with E-state index < -0.39 is 0 Å². The van der Waals surface area contributed by atoms with Crippen molar-refractivity contribution < 1.29 is 4.79 Å². The van der Waals surface area contributed by atoms with Crippen LogP contribution in [0.2, 0.25) is 5.02 Å². The maximum absolute atomic E-state index is 11.9. The molecule has 0 saturated carbocycles. The Morgan fingerprint density at radius 2 is 1.86 bits per heavy atom. The molecule has 0 heterocycles. The van der Waals surface area contributed by atoms with Crippen molar-refractivity contribution in [1.82, 2.24) is 5.32 Å². The second kappa shape index (κ2) is 6.50. The van der Waals surface area contributed by atoms with Crippen molar-refractivity contribution in [2.75, 3.05) is 11.1 Å². The van der Waals surface area contributed by atoms with E-state index in [0.29, 0.717) is 22.0 Å². The largest absolute Gasteiger partial charge is 0.397 e. The molecule has 0 spiro atoms. The van der Waals surface area contributed by atoms with E-state index in [9.17, 15) is 4.79 Å². The van der Waals surface area contributed by atoms with Crippen LogP contribution in [-0.4, -0.2) is 11.9 Å². The quantitative estimate of drug-likeness (QED) is 0.753. The number of nitrogens with two attached hydrogens (primary N) is 1. The number of carbonyl (C=O) groups excluding carboxylic acids is 1. The van der Waals surface area contributed by atoms with Crippen molar-refractivity contribution >= 4 is 34.6 Å². The average molecular weight is 304 g/mol. The Labute approximate surface area is 129 Å². The first-order valence-corrected chi connectivity index (χ1v) is 7.07. The Balaban J connectivity index is 2.20. The number of amides is 1. The van der Waals surface area contributed by atoms with Crippen LogP contribution >= 0.6 is 11.6 Å². The lowest BCUT2D eigenvalue weighted by atomic mass is 10.1. The van der Waals surface area contributed by atoms with Crippen LogP contribution in [0.4, 0.5) is 17.1 Å². The van der Waals surface area contributed by atoms with Gasteiger partial charge in [-0.05, 0) is 44.2 Å². The van der Waals surface area contributed by atoms with Gasteiger partial charge in [-0.1, -0.05) is 23.7 Å². The van der Waals surface area contributed by atoms with Gasteiger partial charge in [0.05, 0.1) is 22.1 Å². The molecule has 4 N–H and O–H groups in total. The third kappa shape index (κ3) is 3.89. The summed E-state index contributed by atoms with van der Waals surface area (Å²) in [4.78, 5) is 11.9. The zero-order valence-electron chi connectivity index (χ0n) is 12.0. The summed E-state index contributed by atoms with van der Waals surface area (Å²) in [5.41, 5.74) is 8.51. The van der Waals surface area contributed by atoms with Gasteiger partial charge in [-0.3, -0.25) is 4.79 Å². The Morgan fingerprint density at radius 1 is 1.14 bits per heavy atom. The number of hydrogen-bond donors (Lipinski definition) is 3. The van der Waals surface area contributed by atoms with Crippen LogP contribution in [0.25, 0.3) is 0 Å². The normalized spacial score (nSPS) is 10.5. The number of hydrogen-bond acceptors (Lipinski definition) is 3. The predicted octanol–water partition coefficient (Wildman–Crippen LogP) is 3.80. The van der Waals surface area contributed by atoms with Crippen molar-refractivity contribution in [1.29, 1.82) is 0 Å². The van der Waals surface area contributed by atoms with Crippen molar-refractivity contribution in [2.45, 2.75) is 19.9 Å². The molecular weight excluding hydrogens is 286 g/mol. The molecule has 110 valence electrons. The number of halogens is 1. The van der Waals surface area contributed by atoms with Crippen LogP contribution in [0.1, 0.15) is 24.2 Å². The smallest absolute Gasteiger partial charge is 0.251 e. The van der Waals surface area contributed by atoms with E-state index in [4.69, 9.17) is 17.3 Å². The monoisotopic (exact) mass is 303 g/mol. The minimum absolute atomic E-state index is 0.0830. The summed E-state index contributed by atoms with van der Waals surface area (Å²) in [6.07, 6.45) is 0. The second-order valence-electron chi connectivity index (χ2n) is 5.04. The van der Waals surface area contributed by atoms with E-state index in [-0.39, 0.29) is 11.9 Å². The molecule has 1 amide bonds. The first-order chi connectivity index (χ1) is 9.97. The van der Waals surface area contributed by atoms with Gasteiger partial charge in [0, 0.05) is 11.6 Å². The van der Waals surface area contributed by atoms with Crippen LogP contribution < -0.4 is 16.4 Å². The standard InChI is InChI=1S/C16H18ClN3O/c1-10(2)19-16(21)11-7-8-15(13(18)9-11)20-14-6-4-3-5-12(14)17/h3-10,20H,18H2,1-2H3,(H,19,21). The second-order valence-corrected chi connectivity index (χ2v) is 5.44. The molecule has 0 saturated heterocycles. The molecule has 0 aliphatic carbocycles. The Morgan fingerprint density at radius 3 is 2.48 bits per heavy atom. The number of anilines is 3. The van der Waals surface area contributed by atoms with Crippen molar-refractivity contribution in [3.8, 4) is 0 Å². The molecule has 0 fully saturated rings. The highest BCUT2D eigenvalue weighted by atomic mass is 35.5. The molecule has 4 nitrogen and oxygen atoms in total. The number of nitrogen functional groups attached to an aromatic ring is 1. The number of benzene rings is 2. The number of carbonyl (C=O) groups is 1. The molecule has 0 unspecified atom stereocenters. The fourth-order valence-electron chi connectivity index (χ4n) is 1.87. The van der Waals surface area contributed by atoms with Gasteiger partial charge in [-0.2, -0.15) is 0 Å². The van der Waals surface area contributed by atoms with Gasteiger partial charge in [0.2, 0.25) is 0 Å². The summed E-state index contributed by atoms with van der Waals surface area (Å²) in [5.74, 6) is -0.138. The lowest BCUT2D eigenvalue weighted by molar-refractivity contribution is 0.0943. The zero-order chi connectivity index (χ0) is 15.4. The highest BCUT2D eigenvalue weighted by molar-refractivity contribution is 6.33. The Hall–Kier alpha value is -2.20. The molecular formula is C16H18ClN3O. The van der Waals surface area contributed by atoms with Crippen LogP contribution in [0.5, 0.6) is 0 Å². The van der Waals surface area contributed by atoms with E-state index in [0.717, 1.165) is 5.69 Å². The number of nitrogens with one attached hydrogen (secondary N) is 2. The van der Waals surface area contributed by atoms with E-state index in [1.54, 1.807) is 24.3 Å². The Kier molecular flexibility index (Phi) is 4.70. The van der Waals surface area contributed by atoms with Crippen molar-refractivity contribution in [3.05, 3.63) is 53.1 Å². The summed E-state index contributed by atoms with van der Waals surface area (Å²) in [5, 5.41) is 6.60. The summed E-state index contributed by atoms with van der Waals surface area (Å²) < 4.78 is 0. The first-order valence-electron chi connectivity index (χ1n) is 6.69. The summed E-state index contributed by atoms with van der Waals surface area (Å²) in [6.45, 7) is 3.82. The maximum atomic E-state index is 11.9. The third-order valence-electron chi connectivity index (χ3n) is 2.88. The molecule has 0 radical (unpaired) electrons. The zero-order valence-corrected chi connectivity index (χ0v) is 12.7. The van der Waals surface area contributed by atoms with Gasteiger partial charge in [0.1, 0.15) is 0 Å². The number of rotatable bonds is 4. The fourth-order valence-corrected chi connectivity index (χ4v) is 2.05. The predicted molar refractivity (Wildman–Crippen MR) is 88.2 cm³/mol. The minimum atomic E-state index is -0.138. The summed E-state index contributed by atoms with van der Waals surface area (Å²) in [7, 11) is 0. The molecule has 2 aromatic carbocycles. The number of para-hydroxylation sites is 1. The first kappa shape index (κ1) is 15.2. The summed E-state index contributed by atoms with van der Waals surface area (Å²) in [6, 6.07) is 12.6. The molecule has 2 rings (SSSR count).